The zero-order chi connectivity index (χ0) is 12.8. The second-order valence-corrected chi connectivity index (χ2v) is 4.23. The SMILES string of the molecule is CCN(C)CCNc1ccc(C(=O)O)c(Cl)c1. The van der Waals surface area contributed by atoms with Crippen LogP contribution in [0.3, 0.4) is 0 Å². The zero-order valence-corrected chi connectivity index (χ0v) is 10.8. The molecule has 0 fully saturated rings. The Morgan fingerprint density at radius 1 is 1.53 bits per heavy atom. The fourth-order valence-corrected chi connectivity index (χ4v) is 1.61. The van der Waals surface area contributed by atoms with E-state index >= 15 is 0 Å². The fourth-order valence-electron chi connectivity index (χ4n) is 1.35. The van der Waals surface area contributed by atoms with Gasteiger partial charge in [0.2, 0.25) is 0 Å². The molecule has 0 saturated carbocycles. The molecule has 17 heavy (non-hydrogen) atoms. The molecule has 0 aliphatic rings. The molecule has 2 N–H and O–H groups in total. The minimum Gasteiger partial charge on any atom is -0.478 e. The number of aromatic carboxylic acids is 1. The van der Waals surface area contributed by atoms with E-state index in [0.29, 0.717) is 0 Å². The molecule has 0 atom stereocenters. The van der Waals surface area contributed by atoms with Gasteiger partial charge in [-0.2, -0.15) is 0 Å². The first-order chi connectivity index (χ1) is 8.04. The lowest BCUT2D eigenvalue weighted by Gasteiger charge is -2.14. The van der Waals surface area contributed by atoms with Crippen LogP contribution in [0.1, 0.15) is 17.3 Å². The Bertz CT molecular complexity index is 396. The molecule has 0 radical (unpaired) electrons. The number of halogens is 1. The molecule has 0 bridgehead atoms. The number of hydrogen-bond donors (Lipinski definition) is 2. The van der Waals surface area contributed by atoms with E-state index in [1.165, 1.54) is 6.07 Å². The Morgan fingerprint density at radius 3 is 2.76 bits per heavy atom. The third-order valence-electron chi connectivity index (χ3n) is 2.56. The minimum absolute atomic E-state index is 0.128. The second-order valence-electron chi connectivity index (χ2n) is 3.82. The van der Waals surface area contributed by atoms with Crippen LogP contribution in [-0.4, -0.2) is 42.7 Å². The standard InChI is InChI=1S/C12H17ClN2O2/c1-3-15(2)7-6-14-9-4-5-10(12(16)17)11(13)8-9/h4-5,8,14H,3,6-7H2,1-2H3,(H,16,17). The lowest BCUT2D eigenvalue weighted by Crippen LogP contribution is -2.24. The van der Waals surface area contributed by atoms with Gasteiger partial charge in [0, 0.05) is 18.8 Å². The van der Waals surface area contributed by atoms with Crippen LogP contribution in [0.25, 0.3) is 0 Å². The number of carbonyl (C=O) groups is 1. The molecule has 0 saturated heterocycles. The second kappa shape index (κ2) is 6.47. The van der Waals surface area contributed by atoms with Gasteiger partial charge in [0.05, 0.1) is 10.6 Å². The summed E-state index contributed by atoms with van der Waals surface area (Å²) in [7, 11) is 2.04. The van der Waals surface area contributed by atoms with Crippen LogP contribution in [0.2, 0.25) is 5.02 Å². The molecule has 4 nitrogen and oxygen atoms in total. The number of carboxylic acid groups (broad SMARTS) is 1. The van der Waals surface area contributed by atoms with Crippen molar-refractivity contribution in [2.75, 3.05) is 32.0 Å². The van der Waals surface area contributed by atoms with Gasteiger partial charge < -0.3 is 15.3 Å². The lowest BCUT2D eigenvalue weighted by atomic mass is 10.2. The summed E-state index contributed by atoms with van der Waals surface area (Å²) in [6.07, 6.45) is 0. The van der Waals surface area contributed by atoms with Crippen molar-refractivity contribution in [1.82, 2.24) is 4.90 Å². The van der Waals surface area contributed by atoms with Crippen molar-refractivity contribution >= 4 is 23.3 Å². The van der Waals surface area contributed by atoms with Gasteiger partial charge >= 0.3 is 5.97 Å². The lowest BCUT2D eigenvalue weighted by molar-refractivity contribution is 0.0697. The van der Waals surface area contributed by atoms with E-state index in [2.05, 4.69) is 17.1 Å². The van der Waals surface area contributed by atoms with E-state index in [9.17, 15) is 4.79 Å². The zero-order valence-electron chi connectivity index (χ0n) is 10.0. The molecule has 0 amide bonds. The van der Waals surface area contributed by atoms with Gasteiger partial charge in [-0.3, -0.25) is 0 Å². The van der Waals surface area contributed by atoms with Crippen molar-refractivity contribution in [1.29, 1.82) is 0 Å². The van der Waals surface area contributed by atoms with Crippen LogP contribution in [0.4, 0.5) is 5.69 Å². The van der Waals surface area contributed by atoms with Crippen molar-refractivity contribution in [3.05, 3.63) is 28.8 Å². The third kappa shape index (κ3) is 4.24. The Hall–Kier alpha value is -1.26. The molecule has 1 aromatic carbocycles. The minimum atomic E-state index is -1.01. The molecule has 0 spiro atoms. The molecule has 1 rings (SSSR count). The van der Waals surface area contributed by atoms with Gasteiger partial charge in [0.25, 0.3) is 0 Å². The summed E-state index contributed by atoms with van der Waals surface area (Å²) in [5.41, 5.74) is 0.965. The molecular formula is C12H17ClN2O2. The quantitative estimate of drug-likeness (QED) is 0.821. The average molecular weight is 257 g/mol. The highest BCUT2D eigenvalue weighted by molar-refractivity contribution is 6.33. The highest BCUT2D eigenvalue weighted by Crippen LogP contribution is 2.20. The summed E-state index contributed by atoms with van der Waals surface area (Å²) in [4.78, 5) is 12.9. The first kappa shape index (κ1) is 13.8. The van der Waals surface area contributed by atoms with Crippen LogP contribution in [-0.2, 0) is 0 Å². The van der Waals surface area contributed by atoms with E-state index in [1.54, 1.807) is 12.1 Å². The molecule has 0 unspecified atom stereocenters. The van der Waals surface area contributed by atoms with Crippen molar-refractivity contribution < 1.29 is 9.90 Å². The maximum absolute atomic E-state index is 10.8. The number of rotatable bonds is 6. The molecule has 0 aliphatic carbocycles. The maximum atomic E-state index is 10.8. The Morgan fingerprint density at radius 2 is 2.24 bits per heavy atom. The summed E-state index contributed by atoms with van der Waals surface area (Å²) in [6, 6.07) is 4.87. The molecule has 5 heteroatoms. The summed E-state index contributed by atoms with van der Waals surface area (Å²) < 4.78 is 0. The number of carboxylic acids is 1. The van der Waals surface area contributed by atoms with E-state index in [-0.39, 0.29) is 10.6 Å². The Labute approximate surface area is 106 Å². The molecule has 0 heterocycles. The van der Waals surface area contributed by atoms with Crippen LogP contribution >= 0.6 is 11.6 Å². The molecular weight excluding hydrogens is 240 g/mol. The van der Waals surface area contributed by atoms with Gasteiger partial charge in [-0.15, -0.1) is 0 Å². The van der Waals surface area contributed by atoms with E-state index in [1.807, 2.05) is 7.05 Å². The highest BCUT2D eigenvalue weighted by atomic mass is 35.5. The van der Waals surface area contributed by atoms with E-state index in [0.717, 1.165) is 25.3 Å². The normalized spacial score (nSPS) is 10.6. The van der Waals surface area contributed by atoms with Gasteiger partial charge in [0.1, 0.15) is 0 Å². The predicted molar refractivity (Wildman–Crippen MR) is 70.1 cm³/mol. The smallest absolute Gasteiger partial charge is 0.337 e. The van der Waals surface area contributed by atoms with Gasteiger partial charge in [-0.25, -0.2) is 4.79 Å². The molecule has 1 aromatic rings. The first-order valence-corrected chi connectivity index (χ1v) is 5.87. The number of nitrogens with zero attached hydrogens (tertiary/aromatic N) is 1. The van der Waals surface area contributed by atoms with Crippen molar-refractivity contribution in [2.45, 2.75) is 6.92 Å². The molecule has 0 aromatic heterocycles. The fraction of sp³-hybridized carbons (Fsp3) is 0.417. The van der Waals surface area contributed by atoms with E-state index < -0.39 is 5.97 Å². The number of anilines is 1. The maximum Gasteiger partial charge on any atom is 0.337 e. The van der Waals surface area contributed by atoms with Gasteiger partial charge in [-0.1, -0.05) is 18.5 Å². The summed E-state index contributed by atoms with van der Waals surface area (Å²) >= 11 is 5.86. The van der Waals surface area contributed by atoms with Crippen molar-refractivity contribution in [3.63, 3.8) is 0 Å². The Balaban J connectivity index is 2.56. The van der Waals surface area contributed by atoms with Crippen LogP contribution in [0.5, 0.6) is 0 Å². The third-order valence-corrected chi connectivity index (χ3v) is 2.87. The number of hydrogen-bond acceptors (Lipinski definition) is 3. The van der Waals surface area contributed by atoms with Gasteiger partial charge in [0.15, 0.2) is 0 Å². The van der Waals surface area contributed by atoms with Crippen molar-refractivity contribution in [2.24, 2.45) is 0 Å². The van der Waals surface area contributed by atoms with E-state index in [4.69, 9.17) is 16.7 Å². The number of benzene rings is 1. The summed E-state index contributed by atoms with van der Waals surface area (Å²) in [5, 5.41) is 12.3. The summed E-state index contributed by atoms with van der Waals surface area (Å²) in [5.74, 6) is -1.01. The predicted octanol–water partition coefficient (Wildman–Crippen LogP) is 2.40. The molecule has 0 aliphatic heterocycles. The largest absolute Gasteiger partial charge is 0.478 e. The van der Waals surface area contributed by atoms with Gasteiger partial charge in [-0.05, 0) is 31.8 Å². The monoisotopic (exact) mass is 256 g/mol. The molecule has 94 valence electrons. The number of likely N-dealkylation sites (N-methyl/N-ethyl adjacent to an activating group) is 1. The van der Waals surface area contributed by atoms with Crippen molar-refractivity contribution in [3.8, 4) is 0 Å². The highest BCUT2D eigenvalue weighted by Gasteiger charge is 2.08. The van der Waals surface area contributed by atoms with Crippen LogP contribution in [0, 0.1) is 0 Å². The first-order valence-electron chi connectivity index (χ1n) is 5.50. The topological polar surface area (TPSA) is 52.6 Å². The van der Waals surface area contributed by atoms with Crippen LogP contribution in [0.15, 0.2) is 18.2 Å². The number of nitrogens with one attached hydrogen (secondary N) is 1. The summed E-state index contributed by atoms with van der Waals surface area (Å²) in [6.45, 7) is 4.82. The Kier molecular flexibility index (Phi) is 5.25. The average Bonchev–Trinajstić information content (AvgIpc) is 2.28. The van der Waals surface area contributed by atoms with Crippen LogP contribution < -0.4 is 5.32 Å².